The molecule has 0 bridgehead atoms. The molecule has 0 radical (unpaired) electrons. The Bertz CT molecular complexity index is 608. The molecule has 150 valence electrons. The number of nitrogens with one attached hydrogen (secondary N) is 1. The van der Waals surface area contributed by atoms with Crippen molar-refractivity contribution >= 4 is 11.6 Å². The fourth-order valence-corrected chi connectivity index (χ4v) is 4.00. The number of likely N-dealkylation sites (tertiary alicyclic amines) is 1. The van der Waals surface area contributed by atoms with Crippen LogP contribution in [0.4, 0.5) is 5.69 Å². The molecule has 0 spiro atoms. The largest absolute Gasteiger partial charge is 0.497 e. The van der Waals surface area contributed by atoms with Gasteiger partial charge in [-0.05, 0) is 62.7 Å². The van der Waals surface area contributed by atoms with Crippen molar-refractivity contribution in [2.24, 2.45) is 11.8 Å². The first kappa shape index (κ1) is 20.0. The van der Waals surface area contributed by atoms with E-state index in [9.17, 15) is 4.79 Å². The molecule has 2 aliphatic heterocycles. The Hall–Kier alpha value is -1.79. The predicted molar refractivity (Wildman–Crippen MR) is 105 cm³/mol. The number of amides is 1. The Morgan fingerprint density at radius 1 is 1.19 bits per heavy atom. The van der Waals surface area contributed by atoms with Crippen LogP contribution in [-0.2, 0) is 9.53 Å². The van der Waals surface area contributed by atoms with Crippen LogP contribution in [0.3, 0.4) is 0 Å². The van der Waals surface area contributed by atoms with Gasteiger partial charge >= 0.3 is 0 Å². The molecule has 1 N–H and O–H groups in total. The van der Waals surface area contributed by atoms with Crippen LogP contribution in [0.25, 0.3) is 0 Å². The number of ether oxygens (including phenoxy) is 3. The summed E-state index contributed by atoms with van der Waals surface area (Å²) in [4.78, 5) is 14.9. The maximum atomic E-state index is 12.3. The number of rotatable bonds is 8. The Balaban J connectivity index is 1.38. The summed E-state index contributed by atoms with van der Waals surface area (Å²) in [6, 6.07) is 5.42. The second kappa shape index (κ2) is 9.95. The minimum absolute atomic E-state index is 0.0454. The van der Waals surface area contributed by atoms with Gasteiger partial charge in [-0.2, -0.15) is 0 Å². The highest BCUT2D eigenvalue weighted by molar-refractivity contribution is 5.92. The molecule has 0 aliphatic carbocycles. The minimum atomic E-state index is 0.0454. The number of carbonyl (C=O) groups is 1. The van der Waals surface area contributed by atoms with Crippen LogP contribution in [0.2, 0.25) is 0 Å². The summed E-state index contributed by atoms with van der Waals surface area (Å²) in [7, 11) is 3.20. The standard InChI is InChI=1S/C21H32N2O4/c1-25-18-4-5-19(20(13-18)26-2)22-21(24)6-3-16-7-10-23(11-8-16)14-17-9-12-27-15-17/h4-5,13,16-17H,3,6-12,14-15H2,1-2H3,(H,22,24). The zero-order chi connectivity index (χ0) is 19.1. The van der Waals surface area contributed by atoms with Gasteiger partial charge in [0.15, 0.2) is 0 Å². The molecule has 1 unspecified atom stereocenters. The van der Waals surface area contributed by atoms with E-state index in [4.69, 9.17) is 14.2 Å². The van der Waals surface area contributed by atoms with Crippen LogP contribution in [0, 0.1) is 11.8 Å². The summed E-state index contributed by atoms with van der Waals surface area (Å²) in [6.07, 6.45) is 5.08. The van der Waals surface area contributed by atoms with E-state index in [1.54, 1.807) is 20.3 Å². The van der Waals surface area contributed by atoms with Gasteiger partial charge in [0.2, 0.25) is 5.91 Å². The molecule has 1 aromatic carbocycles. The fraction of sp³-hybridized carbons (Fsp3) is 0.667. The quantitative estimate of drug-likeness (QED) is 0.755. The van der Waals surface area contributed by atoms with Crippen LogP contribution in [0.5, 0.6) is 11.5 Å². The maximum Gasteiger partial charge on any atom is 0.224 e. The average Bonchev–Trinajstić information content (AvgIpc) is 3.21. The molecule has 2 aliphatic rings. The number of piperidine rings is 1. The molecule has 3 rings (SSSR count). The zero-order valence-electron chi connectivity index (χ0n) is 16.5. The molecule has 2 saturated heterocycles. The lowest BCUT2D eigenvalue weighted by Gasteiger charge is -2.33. The van der Waals surface area contributed by atoms with Crippen LogP contribution in [-0.4, -0.2) is 57.9 Å². The van der Waals surface area contributed by atoms with Gasteiger partial charge in [0.1, 0.15) is 11.5 Å². The second-order valence-electron chi connectivity index (χ2n) is 7.63. The summed E-state index contributed by atoms with van der Waals surface area (Å²) >= 11 is 0. The van der Waals surface area contributed by atoms with Gasteiger partial charge in [-0.25, -0.2) is 0 Å². The molecule has 1 amide bonds. The first-order valence-electron chi connectivity index (χ1n) is 10.00. The van der Waals surface area contributed by atoms with Crippen LogP contribution in [0.1, 0.15) is 32.1 Å². The third kappa shape index (κ3) is 5.84. The van der Waals surface area contributed by atoms with Gasteiger partial charge in [0.25, 0.3) is 0 Å². The van der Waals surface area contributed by atoms with Crippen molar-refractivity contribution in [1.82, 2.24) is 4.90 Å². The molecule has 27 heavy (non-hydrogen) atoms. The van der Waals surface area contributed by atoms with E-state index >= 15 is 0 Å². The fourth-order valence-electron chi connectivity index (χ4n) is 4.00. The lowest BCUT2D eigenvalue weighted by atomic mass is 9.91. The van der Waals surface area contributed by atoms with E-state index in [-0.39, 0.29) is 5.91 Å². The van der Waals surface area contributed by atoms with Crippen molar-refractivity contribution < 1.29 is 19.0 Å². The third-order valence-corrected chi connectivity index (χ3v) is 5.71. The Morgan fingerprint density at radius 2 is 2.00 bits per heavy atom. The van der Waals surface area contributed by atoms with Crippen LogP contribution < -0.4 is 14.8 Å². The summed E-state index contributed by atoms with van der Waals surface area (Å²) in [5, 5.41) is 2.97. The SMILES string of the molecule is COc1ccc(NC(=O)CCC2CCN(CC3CCOC3)CC2)c(OC)c1. The van der Waals surface area contributed by atoms with Crippen molar-refractivity contribution in [3.05, 3.63) is 18.2 Å². The van der Waals surface area contributed by atoms with Gasteiger partial charge < -0.3 is 24.4 Å². The van der Waals surface area contributed by atoms with Crippen LogP contribution in [0.15, 0.2) is 18.2 Å². The molecule has 2 fully saturated rings. The molecular weight excluding hydrogens is 344 g/mol. The lowest BCUT2D eigenvalue weighted by molar-refractivity contribution is -0.116. The van der Waals surface area contributed by atoms with E-state index in [1.807, 2.05) is 12.1 Å². The van der Waals surface area contributed by atoms with Gasteiger partial charge in [-0.1, -0.05) is 0 Å². The lowest BCUT2D eigenvalue weighted by Crippen LogP contribution is -2.37. The highest BCUT2D eigenvalue weighted by Gasteiger charge is 2.24. The number of benzene rings is 1. The van der Waals surface area contributed by atoms with Crippen LogP contribution >= 0.6 is 0 Å². The molecule has 2 heterocycles. The highest BCUT2D eigenvalue weighted by Crippen LogP contribution is 2.30. The van der Waals surface area contributed by atoms with Crippen molar-refractivity contribution in [1.29, 1.82) is 0 Å². The molecule has 6 heteroatoms. The molecule has 0 aromatic heterocycles. The molecule has 1 atom stereocenters. The van der Waals surface area contributed by atoms with Crippen molar-refractivity contribution in [3.63, 3.8) is 0 Å². The summed E-state index contributed by atoms with van der Waals surface area (Å²) in [5.74, 6) is 2.73. The smallest absolute Gasteiger partial charge is 0.224 e. The number of methoxy groups -OCH3 is 2. The molecule has 0 saturated carbocycles. The first-order chi connectivity index (χ1) is 13.2. The van der Waals surface area contributed by atoms with E-state index in [2.05, 4.69) is 10.2 Å². The second-order valence-corrected chi connectivity index (χ2v) is 7.63. The van der Waals surface area contributed by atoms with Gasteiger partial charge in [-0.3, -0.25) is 4.79 Å². The average molecular weight is 376 g/mol. The minimum Gasteiger partial charge on any atom is -0.497 e. The van der Waals surface area contributed by atoms with Crippen molar-refractivity contribution in [2.45, 2.75) is 32.1 Å². The highest BCUT2D eigenvalue weighted by atomic mass is 16.5. The molecule has 6 nitrogen and oxygen atoms in total. The maximum absolute atomic E-state index is 12.3. The number of hydrogen-bond donors (Lipinski definition) is 1. The summed E-state index contributed by atoms with van der Waals surface area (Å²) in [6.45, 7) is 5.32. The van der Waals surface area contributed by atoms with E-state index in [0.717, 1.165) is 32.7 Å². The molecular formula is C21H32N2O4. The Kier molecular flexibility index (Phi) is 7.35. The Labute approximate surface area is 162 Å². The number of carbonyl (C=O) groups excluding carboxylic acids is 1. The normalized spacial score (nSPS) is 21.2. The van der Waals surface area contributed by atoms with Crippen molar-refractivity contribution in [3.8, 4) is 11.5 Å². The van der Waals surface area contributed by atoms with Gasteiger partial charge in [-0.15, -0.1) is 0 Å². The first-order valence-corrected chi connectivity index (χ1v) is 10.00. The van der Waals surface area contributed by atoms with E-state index in [1.165, 1.54) is 25.8 Å². The van der Waals surface area contributed by atoms with E-state index in [0.29, 0.717) is 35.4 Å². The topological polar surface area (TPSA) is 60.0 Å². The van der Waals surface area contributed by atoms with Gasteiger partial charge in [0, 0.05) is 25.6 Å². The monoisotopic (exact) mass is 376 g/mol. The van der Waals surface area contributed by atoms with E-state index < -0.39 is 0 Å². The zero-order valence-corrected chi connectivity index (χ0v) is 16.5. The predicted octanol–water partition coefficient (Wildman–Crippen LogP) is 3.17. The summed E-state index contributed by atoms with van der Waals surface area (Å²) < 4.78 is 16.0. The third-order valence-electron chi connectivity index (χ3n) is 5.71. The number of nitrogens with zero attached hydrogens (tertiary/aromatic N) is 1. The van der Waals surface area contributed by atoms with Crippen molar-refractivity contribution in [2.75, 3.05) is 52.4 Å². The Morgan fingerprint density at radius 3 is 2.67 bits per heavy atom. The van der Waals surface area contributed by atoms with Gasteiger partial charge in [0.05, 0.1) is 26.5 Å². The number of anilines is 1. The summed E-state index contributed by atoms with van der Waals surface area (Å²) in [5.41, 5.74) is 0.692. The number of hydrogen-bond acceptors (Lipinski definition) is 5. The molecule has 1 aromatic rings.